The van der Waals surface area contributed by atoms with Crippen molar-refractivity contribution >= 4 is 5.97 Å². The Labute approximate surface area is 75.1 Å². The van der Waals surface area contributed by atoms with Gasteiger partial charge in [0, 0.05) is 18.9 Å². The third-order valence-corrected chi connectivity index (χ3v) is 2.32. The van der Waals surface area contributed by atoms with E-state index in [-0.39, 0.29) is 31.3 Å². The van der Waals surface area contributed by atoms with Gasteiger partial charge in [0.2, 0.25) is 0 Å². The van der Waals surface area contributed by atoms with Gasteiger partial charge >= 0.3 is 5.97 Å². The van der Waals surface area contributed by atoms with Crippen LogP contribution in [-0.4, -0.2) is 29.6 Å². The van der Waals surface area contributed by atoms with Gasteiger partial charge < -0.3 is 10.4 Å². The van der Waals surface area contributed by atoms with E-state index in [1.54, 1.807) is 6.92 Å². The lowest BCUT2D eigenvalue weighted by Gasteiger charge is -2.16. The lowest BCUT2D eigenvalue weighted by atomic mass is 9.96. The SMILES string of the molecule is CC(CC(=O)O)[C@@H]1CC(F)(F)CN1. The van der Waals surface area contributed by atoms with Crippen LogP contribution in [-0.2, 0) is 4.79 Å². The number of rotatable bonds is 3. The number of carboxylic acids is 1. The summed E-state index contributed by atoms with van der Waals surface area (Å²) in [5.41, 5.74) is 0. The van der Waals surface area contributed by atoms with Gasteiger partial charge in [0.15, 0.2) is 0 Å². The van der Waals surface area contributed by atoms with E-state index in [0.29, 0.717) is 0 Å². The third kappa shape index (κ3) is 2.91. The minimum atomic E-state index is -2.67. The van der Waals surface area contributed by atoms with E-state index in [0.717, 1.165) is 0 Å². The fraction of sp³-hybridized carbons (Fsp3) is 0.875. The van der Waals surface area contributed by atoms with Crippen LogP contribution in [0.25, 0.3) is 0 Å². The van der Waals surface area contributed by atoms with Crippen molar-refractivity contribution in [1.29, 1.82) is 0 Å². The molecule has 1 heterocycles. The number of carboxylic acid groups (broad SMARTS) is 1. The molecule has 1 aliphatic rings. The van der Waals surface area contributed by atoms with Crippen molar-refractivity contribution in [2.45, 2.75) is 31.7 Å². The first-order valence-corrected chi connectivity index (χ1v) is 4.24. The molecule has 0 aromatic heterocycles. The number of hydrogen-bond donors (Lipinski definition) is 2. The summed E-state index contributed by atoms with van der Waals surface area (Å²) in [4.78, 5) is 10.3. The minimum Gasteiger partial charge on any atom is -0.481 e. The topological polar surface area (TPSA) is 49.3 Å². The fourth-order valence-corrected chi connectivity index (χ4v) is 1.57. The Hall–Kier alpha value is -0.710. The second kappa shape index (κ2) is 3.57. The number of aliphatic carboxylic acids is 1. The highest BCUT2D eigenvalue weighted by Gasteiger charge is 2.41. The van der Waals surface area contributed by atoms with Crippen LogP contribution in [0.3, 0.4) is 0 Å². The first kappa shape index (κ1) is 10.4. The molecule has 0 aromatic carbocycles. The predicted molar refractivity (Wildman–Crippen MR) is 42.8 cm³/mol. The molecule has 0 spiro atoms. The zero-order chi connectivity index (χ0) is 10.1. The molecule has 2 N–H and O–H groups in total. The molecule has 2 atom stereocenters. The molecular weight excluding hydrogens is 180 g/mol. The van der Waals surface area contributed by atoms with Crippen LogP contribution >= 0.6 is 0 Å². The zero-order valence-corrected chi connectivity index (χ0v) is 7.39. The van der Waals surface area contributed by atoms with Gasteiger partial charge in [0.25, 0.3) is 5.92 Å². The summed E-state index contributed by atoms with van der Waals surface area (Å²) in [6, 6.07) is -0.369. The van der Waals surface area contributed by atoms with E-state index in [1.807, 2.05) is 0 Å². The lowest BCUT2D eigenvalue weighted by molar-refractivity contribution is -0.138. The van der Waals surface area contributed by atoms with Crippen LogP contribution < -0.4 is 5.32 Å². The van der Waals surface area contributed by atoms with Gasteiger partial charge in [-0.15, -0.1) is 0 Å². The monoisotopic (exact) mass is 193 g/mol. The largest absolute Gasteiger partial charge is 0.481 e. The maximum absolute atomic E-state index is 12.7. The molecule has 1 unspecified atom stereocenters. The summed E-state index contributed by atoms with van der Waals surface area (Å²) in [5.74, 6) is -3.85. The number of nitrogens with one attached hydrogen (secondary N) is 1. The van der Waals surface area contributed by atoms with Crippen molar-refractivity contribution in [3.63, 3.8) is 0 Å². The van der Waals surface area contributed by atoms with Crippen molar-refractivity contribution in [1.82, 2.24) is 5.32 Å². The zero-order valence-electron chi connectivity index (χ0n) is 7.39. The van der Waals surface area contributed by atoms with Gasteiger partial charge in [0.05, 0.1) is 6.54 Å². The molecule has 1 saturated heterocycles. The summed E-state index contributed by atoms with van der Waals surface area (Å²) in [7, 11) is 0. The van der Waals surface area contributed by atoms with E-state index in [9.17, 15) is 13.6 Å². The Morgan fingerprint density at radius 1 is 1.77 bits per heavy atom. The Balaban J connectivity index is 2.42. The first-order valence-electron chi connectivity index (χ1n) is 4.24. The Bertz CT molecular complexity index is 208. The average molecular weight is 193 g/mol. The van der Waals surface area contributed by atoms with Gasteiger partial charge in [0.1, 0.15) is 0 Å². The molecule has 0 saturated carbocycles. The van der Waals surface area contributed by atoms with Crippen molar-refractivity contribution in [2.75, 3.05) is 6.54 Å². The summed E-state index contributed by atoms with van der Waals surface area (Å²) in [6.07, 6.45) is -0.310. The van der Waals surface area contributed by atoms with Crippen LogP contribution in [0, 0.1) is 5.92 Å². The molecule has 1 fully saturated rings. The number of alkyl halides is 2. The van der Waals surface area contributed by atoms with Crippen molar-refractivity contribution in [2.24, 2.45) is 5.92 Å². The summed E-state index contributed by atoms with van der Waals surface area (Å²) >= 11 is 0. The molecule has 1 rings (SSSR count). The Kier molecular flexibility index (Phi) is 2.85. The van der Waals surface area contributed by atoms with E-state index < -0.39 is 11.9 Å². The van der Waals surface area contributed by atoms with Crippen molar-refractivity contribution in [3.05, 3.63) is 0 Å². The summed E-state index contributed by atoms with van der Waals surface area (Å²) in [6.45, 7) is 1.34. The predicted octanol–water partition coefficient (Wildman–Crippen LogP) is 1.09. The van der Waals surface area contributed by atoms with Crippen molar-refractivity contribution in [3.8, 4) is 0 Å². The molecule has 1 aliphatic heterocycles. The quantitative estimate of drug-likeness (QED) is 0.705. The smallest absolute Gasteiger partial charge is 0.303 e. The van der Waals surface area contributed by atoms with Crippen LogP contribution in [0.4, 0.5) is 8.78 Å². The normalized spacial score (nSPS) is 28.7. The summed E-state index contributed by atoms with van der Waals surface area (Å²) in [5, 5.41) is 11.1. The second-order valence-corrected chi connectivity index (χ2v) is 3.62. The molecule has 0 aromatic rings. The highest BCUT2D eigenvalue weighted by molar-refractivity contribution is 5.67. The highest BCUT2D eigenvalue weighted by Crippen LogP contribution is 2.29. The summed E-state index contributed by atoms with van der Waals surface area (Å²) < 4.78 is 25.4. The first-order chi connectivity index (χ1) is 5.91. The van der Waals surface area contributed by atoms with E-state index in [4.69, 9.17) is 5.11 Å². The lowest BCUT2D eigenvalue weighted by Crippen LogP contribution is -2.30. The highest BCUT2D eigenvalue weighted by atomic mass is 19.3. The van der Waals surface area contributed by atoms with Crippen molar-refractivity contribution < 1.29 is 18.7 Å². The molecule has 5 heteroatoms. The third-order valence-electron chi connectivity index (χ3n) is 2.32. The average Bonchev–Trinajstić information content (AvgIpc) is 2.28. The molecule has 76 valence electrons. The Morgan fingerprint density at radius 2 is 2.38 bits per heavy atom. The van der Waals surface area contributed by atoms with Gasteiger partial charge in [-0.2, -0.15) is 0 Å². The van der Waals surface area contributed by atoms with E-state index >= 15 is 0 Å². The maximum atomic E-state index is 12.7. The van der Waals surface area contributed by atoms with Gasteiger partial charge in [-0.25, -0.2) is 8.78 Å². The van der Waals surface area contributed by atoms with Gasteiger partial charge in [-0.05, 0) is 5.92 Å². The molecule has 13 heavy (non-hydrogen) atoms. The van der Waals surface area contributed by atoms with Crippen LogP contribution in [0.5, 0.6) is 0 Å². The van der Waals surface area contributed by atoms with Gasteiger partial charge in [-0.3, -0.25) is 4.79 Å². The number of halogens is 2. The molecule has 3 nitrogen and oxygen atoms in total. The molecular formula is C8H13F2NO2. The number of carbonyl (C=O) groups is 1. The van der Waals surface area contributed by atoms with Crippen LogP contribution in [0.15, 0.2) is 0 Å². The maximum Gasteiger partial charge on any atom is 0.303 e. The van der Waals surface area contributed by atoms with Gasteiger partial charge in [-0.1, -0.05) is 6.92 Å². The molecule has 0 aliphatic carbocycles. The molecule has 0 radical (unpaired) electrons. The Morgan fingerprint density at radius 3 is 2.77 bits per heavy atom. The van der Waals surface area contributed by atoms with Crippen LogP contribution in [0.1, 0.15) is 19.8 Å². The fourth-order valence-electron chi connectivity index (χ4n) is 1.57. The van der Waals surface area contributed by atoms with Crippen LogP contribution in [0.2, 0.25) is 0 Å². The molecule has 0 amide bonds. The second-order valence-electron chi connectivity index (χ2n) is 3.62. The molecule has 0 bridgehead atoms. The standard InChI is InChI=1S/C8H13F2NO2/c1-5(2-7(12)13)6-3-8(9,10)4-11-6/h5-6,11H,2-4H2,1H3,(H,12,13)/t5?,6-/m0/s1. The number of hydrogen-bond acceptors (Lipinski definition) is 2. The van der Waals surface area contributed by atoms with E-state index in [1.165, 1.54) is 0 Å². The van der Waals surface area contributed by atoms with E-state index in [2.05, 4.69) is 5.32 Å². The minimum absolute atomic E-state index is 0.0618.